The van der Waals surface area contributed by atoms with Gasteiger partial charge in [0.15, 0.2) is 0 Å². The quantitative estimate of drug-likeness (QED) is 0.800. The number of hydrogen-bond acceptors (Lipinski definition) is 2. The van der Waals surface area contributed by atoms with Crippen LogP contribution < -0.4 is 0 Å². The second kappa shape index (κ2) is 7.01. The molecule has 0 aromatic heterocycles. The summed E-state index contributed by atoms with van der Waals surface area (Å²) in [5.41, 5.74) is -0.275. The Labute approximate surface area is 129 Å². The average Bonchev–Trinajstić information content (AvgIpc) is 2.47. The Morgan fingerprint density at radius 2 is 1.91 bits per heavy atom. The third-order valence-electron chi connectivity index (χ3n) is 4.08. The van der Waals surface area contributed by atoms with E-state index in [4.69, 9.17) is 9.47 Å². The van der Waals surface area contributed by atoms with E-state index in [0.29, 0.717) is 50.8 Å². The summed E-state index contributed by atoms with van der Waals surface area (Å²) >= 11 is 0. The standard InChI is InChI=1S/C17H23F3O2/c1-13(2)11-22-12-16(6-8-21-9-7-16)14-4-3-5-15(10-14)17(18,19)20/h3-5,10,13H,6-9,11-12H2,1-2H3. The van der Waals surface area contributed by atoms with Crippen LogP contribution in [0.5, 0.6) is 0 Å². The van der Waals surface area contributed by atoms with Crippen LogP contribution in [0.3, 0.4) is 0 Å². The minimum Gasteiger partial charge on any atom is -0.381 e. The van der Waals surface area contributed by atoms with Gasteiger partial charge in [0.2, 0.25) is 0 Å². The molecular weight excluding hydrogens is 293 g/mol. The minimum atomic E-state index is -4.32. The first-order chi connectivity index (χ1) is 10.3. The molecule has 0 N–H and O–H groups in total. The predicted octanol–water partition coefficient (Wildman–Crippen LogP) is 4.43. The van der Waals surface area contributed by atoms with E-state index in [2.05, 4.69) is 13.8 Å². The number of halogens is 3. The van der Waals surface area contributed by atoms with Gasteiger partial charge in [0.05, 0.1) is 12.2 Å². The summed E-state index contributed by atoms with van der Waals surface area (Å²) in [4.78, 5) is 0. The van der Waals surface area contributed by atoms with Crippen LogP contribution >= 0.6 is 0 Å². The Balaban J connectivity index is 2.25. The fourth-order valence-corrected chi connectivity index (χ4v) is 2.79. The number of benzene rings is 1. The lowest BCUT2D eigenvalue weighted by atomic mass is 9.74. The molecule has 5 heteroatoms. The van der Waals surface area contributed by atoms with E-state index < -0.39 is 11.7 Å². The Hall–Kier alpha value is -1.07. The molecule has 2 rings (SSSR count). The van der Waals surface area contributed by atoms with Gasteiger partial charge in [0.1, 0.15) is 0 Å². The summed E-state index contributed by atoms with van der Waals surface area (Å²) in [5, 5.41) is 0. The van der Waals surface area contributed by atoms with Crippen molar-refractivity contribution < 1.29 is 22.6 Å². The maximum absolute atomic E-state index is 13.0. The van der Waals surface area contributed by atoms with Crippen LogP contribution in [-0.2, 0) is 21.1 Å². The zero-order valence-electron chi connectivity index (χ0n) is 13.1. The van der Waals surface area contributed by atoms with Gasteiger partial charge in [-0.05, 0) is 30.4 Å². The van der Waals surface area contributed by atoms with Crippen molar-refractivity contribution in [2.75, 3.05) is 26.4 Å². The molecule has 0 amide bonds. The summed E-state index contributed by atoms with van der Waals surface area (Å²) < 4.78 is 50.1. The SMILES string of the molecule is CC(C)COCC1(c2cccc(C(F)(F)F)c2)CCOCC1. The Bertz CT molecular complexity index is 477. The molecule has 0 unspecified atom stereocenters. The van der Waals surface area contributed by atoms with Crippen molar-refractivity contribution in [1.82, 2.24) is 0 Å². The van der Waals surface area contributed by atoms with Crippen molar-refractivity contribution >= 4 is 0 Å². The summed E-state index contributed by atoms with van der Waals surface area (Å²) in [6.07, 6.45) is -2.94. The molecule has 1 fully saturated rings. The van der Waals surface area contributed by atoms with Crippen LogP contribution in [0, 0.1) is 5.92 Å². The van der Waals surface area contributed by atoms with Gasteiger partial charge >= 0.3 is 6.18 Å². The van der Waals surface area contributed by atoms with E-state index in [0.717, 1.165) is 6.07 Å². The van der Waals surface area contributed by atoms with E-state index >= 15 is 0 Å². The van der Waals surface area contributed by atoms with Gasteiger partial charge in [-0.15, -0.1) is 0 Å². The van der Waals surface area contributed by atoms with Crippen LogP contribution in [0.15, 0.2) is 24.3 Å². The fourth-order valence-electron chi connectivity index (χ4n) is 2.79. The van der Waals surface area contributed by atoms with Crippen molar-refractivity contribution in [1.29, 1.82) is 0 Å². The van der Waals surface area contributed by atoms with E-state index in [9.17, 15) is 13.2 Å². The first-order valence-electron chi connectivity index (χ1n) is 7.67. The molecule has 0 atom stereocenters. The molecule has 0 spiro atoms. The number of hydrogen-bond donors (Lipinski definition) is 0. The van der Waals surface area contributed by atoms with Crippen molar-refractivity contribution in [3.8, 4) is 0 Å². The lowest BCUT2D eigenvalue weighted by Gasteiger charge is -2.38. The highest BCUT2D eigenvalue weighted by Crippen LogP contribution is 2.38. The molecule has 124 valence electrons. The van der Waals surface area contributed by atoms with Crippen LogP contribution in [-0.4, -0.2) is 26.4 Å². The van der Waals surface area contributed by atoms with Gasteiger partial charge in [-0.2, -0.15) is 13.2 Å². The van der Waals surface area contributed by atoms with Crippen LogP contribution in [0.4, 0.5) is 13.2 Å². The Kier molecular flexibility index (Phi) is 5.50. The largest absolute Gasteiger partial charge is 0.416 e. The maximum Gasteiger partial charge on any atom is 0.416 e. The second-order valence-electron chi connectivity index (χ2n) is 6.38. The summed E-state index contributed by atoms with van der Waals surface area (Å²) in [6.45, 7) is 6.28. The van der Waals surface area contributed by atoms with E-state index in [1.54, 1.807) is 6.07 Å². The lowest BCUT2D eigenvalue weighted by Crippen LogP contribution is -2.38. The summed E-state index contributed by atoms with van der Waals surface area (Å²) in [7, 11) is 0. The van der Waals surface area contributed by atoms with E-state index in [1.807, 2.05) is 0 Å². The first-order valence-corrected chi connectivity index (χ1v) is 7.67. The van der Waals surface area contributed by atoms with Gasteiger partial charge in [-0.25, -0.2) is 0 Å². The normalized spacial score (nSPS) is 18.6. The second-order valence-corrected chi connectivity index (χ2v) is 6.38. The number of ether oxygens (including phenoxy) is 2. The summed E-state index contributed by atoms with van der Waals surface area (Å²) in [5.74, 6) is 0.401. The van der Waals surface area contributed by atoms with Crippen LogP contribution in [0.1, 0.15) is 37.8 Å². The third kappa shape index (κ3) is 4.23. The van der Waals surface area contributed by atoms with Gasteiger partial charge in [-0.1, -0.05) is 32.0 Å². The zero-order valence-corrected chi connectivity index (χ0v) is 13.1. The summed E-state index contributed by atoms with van der Waals surface area (Å²) in [6, 6.07) is 5.65. The minimum absolute atomic E-state index is 0.381. The molecular formula is C17H23F3O2. The Morgan fingerprint density at radius 1 is 1.23 bits per heavy atom. The molecule has 1 saturated heterocycles. The van der Waals surface area contributed by atoms with Crippen molar-refractivity contribution in [3.05, 3.63) is 35.4 Å². The monoisotopic (exact) mass is 316 g/mol. The molecule has 1 heterocycles. The van der Waals surface area contributed by atoms with Crippen molar-refractivity contribution in [2.24, 2.45) is 5.92 Å². The van der Waals surface area contributed by atoms with Gasteiger partial charge < -0.3 is 9.47 Å². The van der Waals surface area contributed by atoms with Crippen LogP contribution in [0.2, 0.25) is 0 Å². The molecule has 0 radical (unpaired) electrons. The number of alkyl halides is 3. The van der Waals surface area contributed by atoms with E-state index in [-0.39, 0.29) is 5.41 Å². The highest BCUT2D eigenvalue weighted by Gasteiger charge is 2.37. The highest BCUT2D eigenvalue weighted by atomic mass is 19.4. The third-order valence-corrected chi connectivity index (χ3v) is 4.08. The fraction of sp³-hybridized carbons (Fsp3) is 0.647. The first kappa shape index (κ1) is 17.3. The topological polar surface area (TPSA) is 18.5 Å². The van der Waals surface area contributed by atoms with Gasteiger partial charge in [-0.3, -0.25) is 0 Å². The molecule has 0 aliphatic carbocycles. The van der Waals surface area contributed by atoms with E-state index in [1.165, 1.54) is 12.1 Å². The Morgan fingerprint density at radius 3 is 2.50 bits per heavy atom. The molecule has 1 aliphatic heterocycles. The van der Waals surface area contributed by atoms with Crippen molar-refractivity contribution in [3.63, 3.8) is 0 Å². The number of rotatable bonds is 5. The molecule has 1 aliphatic rings. The molecule has 22 heavy (non-hydrogen) atoms. The molecule has 0 bridgehead atoms. The lowest BCUT2D eigenvalue weighted by molar-refractivity contribution is -0.137. The highest BCUT2D eigenvalue weighted by molar-refractivity contribution is 5.32. The predicted molar refractivity (Wildman–Crippen MR) is 78.8 cm³/mol. The molecule has 0 saturated carbocycles. The molecule has 1 aromatic carbocycles. The van der Waals surface area contributed by atoms with Gasteiger partial charge in [0.25, 0.3) is 0 Å². The zero-order chi connectivity index (χ0) is 16.2. The maximum atomic E-state index is 13.0. The van der Waals surface area contributed by atoms with Crippen LogP contribution in [0.25, 0.3) is 0 Å². The average molecular weight is 316 g/mol. The van der Waals surface area contributed by atoms with Gasteiger partial charge in [0, 0.05) is 25.2 Å². The van der Waals surface area contributed by atoms with Crippen molar-refractivity contribution in [2.45, 2.75) is 38.3 Å². The molecule has 1 aromatic rings. The smallest absolute Gasteiger partial charge is 0.381 e. The molecule has 2 nitrogen and oxygen atoms in total.